The summed E-state index contributed by atoms with van der Waals surface area (Å²) in [6.45, 7) is 2.96. The Morgan fingerprint density at radius 1 is 1.12 bits per heavy atom. The van der Waals surface area contributed by atoms with E-state index in [2.05, 4.69) is 19.9 Å². The van der Waals surface area contributed by atoms with Gasteiger partial charge in [0.1, 0.15) is 4.70 Å². The first kappa shape index (κ1) is 11.4. The van der Waals surface area contributed by atoms with Crippen molar-refractivity contribution in [2.45, 2.75) is 0 Å². The van der Waals surface area contributed by atoms with E-state index in [1.54, 1.807) is 0 Å². The van der Waals surface area contributed by atoms with Crippen LogP contribution < -0.4 is 4.90 Å². The second kappa shape index (κ2) is 4.53. The predicted octanol–water partition coefficient (Wildman–Crippen LogP) is 2.23. The lowest BCUT2D eigenvalue weighted by Gasteiger charge is -2.27. The fourth-order valence-electron chi connectivity index (χ4n) is 1.75. The molecule has 0 aliphatic carbocycles. The van der Waals surface area contributed by atoms with Crippen LogP contribution in [0, 0.1) is 0 Å². The van der Waals surface area contributed by atoms with Crippen molar-refractivity contribution in [2.24, 2.45) is 0 Å². The molecule has 0 unspecified atom stereocenters. The zero-order chi connectivity index (χ0) is 11.8. The number of anilines is 1. The summed E-state index contributed by atoms with van der Waals surface area (Å²) in [5.41, 5.74) is 0.557. The minimum Gasteiger partial charge on any atom is -0.378 e. The topological polar surface area (TPSA) is 51.1 Å². The maximum absolute atomic E-state index is 5.90. The molecular formula is C9H8Cl2N4OS. The third kappa shape index (κ3) is 2.18. The molecule has 0 radical (unpaired) electrons. The molecule has 5 nitrogen and oxygen atoms in total. The molecule has 0 aromatic carbocycles. The third-order valence-corrected chi connectivity index (χ3v) is 3.81. The molecule has 3 rings (SSSR count). The monoisotopic (exact) mass is 290 g/mol. The fourth-order valence-corrected chi connectivity index (χ4v) is 2.97. The summed E-state index contributed by atoms with van der Waals surface area (Å²) in [5, 5.41) is 0.195. The van der Waals surface area contributed by atoms with Crippen molar-refractivity contribution in [1.29, 1.82) is 0 Å². The van der Waals surface area contributed by atoms with Crippen molar-refractivity contribution in [1.82, 2.24) is 15.0 Å². The van der Waals surface area contributed by atoms with Crippen LogP contribution >= 0.6 is 34.5 Å². The van der Waals surface area contributed by atoms with E-state index in [1.165, 1.54) is 11.3 Å². The maximum atomic E-state index is 5.90. The molecule has 0 N–H and O–H groups in total. The van der Waals surface area contributed by atoms with Crippen molar-refractivity contribution in [2.75, 3.05) is 31.2 Å². The van der Waals surface area contributed by atoms with Gasteiger partial charge in [0.25, 0.3) is 0 Å². The Balaban J connectivity index is 2.12. The summed E-state index contributed by atoms with van der Waals surface area (Å²) >= 11 is 13.2. The molecule has 90 valence electrons. The van der Waals surface area contributed by atoms with Crippen LogP contribution in [0.2, 0.25) is 9.75 Å². The van der Waals surface area contributed by atoms with Gasteiger partial charge in [-0.25, -0.2) is 4.98 Å². The third-order valence-electron chi connectivity index (χ3n) is 2.49. The van der Waals surface area contributed by atoms with E-state index in [-0.39, 0.29) is 5.28 Å². The summed E-state index contributed by atoms with van der Waals surface area (Å²) in [7, 11) is 0. The molecule has 1 aliphatic rings. The van der Waals surface area contributed by atoms with Crippen LogP contribution in [0.4, 0.5) is 5.82 Å². The quantitative estimate of drug-likeness (QED) is 0.754. The van der Waals surface area contributed by atoms with E-state index in [9.17, 15) is 0 Å². The number of nitrogens with zero attached hydrogens (tertiary/aromatic N) is 4. The number of fused-ring (bicyclic) bond motifs is 1. The average Bonchev–Trinajstić information content (AvgIpc) is 2.69. The van der Waals surface area contributed by atoms with Gasteiger partial charge in [0, 0.05) is 13.1 Å². The maximum Gasteiger partial charge on any atom is 0.226 e. The predicted molar refractivity (Wildman–Crippen MR) is 68.3 cm³/mol. The molecule has 1 fully saturated rings. The normalized spacial score (nSPS) is 16.7. The molecule has 1 aliphatic heterocycles. The molecule has 0 spiro atoms. The number of morpholine rings is 1. The van der Waals surface area contributed by atoms with E-state index < -0.39 is 0 Å². The molecule has 17 heavy (non-hydrogen) atoms. The minimum atomic E-state index is 0.195. The van der Waals surface area contributed by atoms with Gasteiger partial charge in [-0.2, -0.15) is 9.97 Å². The fraction of sp³-hybridized carbons (Fsp3) is 0.444. The highest BCUT2D eigenvalue weighted by atomic mass is 35.5. The van der Waals surface area contributed by atoms with Gasteiger partial charge in [-0.05, 0) is 11.6 Å². The molecule has 0 saturated carbocycles. The lowest BCUT2D eigenvalue weighted by atomic mass is 10.4. The van der Waals surface area contributed by atoms with Gasteiger partial charge < -0.3 is 9.64 Å². The first-order valence-electron chi connectivity index (χ1n) is 5.06. The van der Waals surface area contributed by atoms with E-state index in [0.29, 0.717) is 23.3 Å². The number of hydrogen-bond acceptors (Lipinski definition) is 6. The molecule has 0 atom stereocenters. The number of hydrogen-bond donors (Lipinski definition) is 0. The summed E-state index contributed by atoms with van der Waals surface area (Å²) in [4.78, 5) is 14.6. The molecule has 2 aromatic rings. The van der Waals surface area contributed by atoms with Crippen molar-refractivity contribution in [3.05, 3.63) is 9.75 Å². The number of thiazole rings is 1. The number of rotatable bonds is 1. The van der Waals surface area contributed by atoms with Crippen LogP contribution in [-0.2, 0) is 4.74 Å². The highest BCUT2D eigenvalue weighted by Gasteiger charge is 2.19. The van der Waals surface area contributed by atoms with Gasteiger partial charge in [0.15, 0.2) is 15.9 Å². The van der Waals surface area contributed by atoms with Gasteiger partial charge in [0.2, 0.25) is 5.28 Å². The van der Waals surface area contributed by atoms with Crippen LogP contribution in [0.15, 0.2) is 0 Å². The van der Waals surface area contributed by atoms with E-state index in [4.69, 9.17) is 27.9 Å². The van der Waals surface area contributed by atoms with Crippen LogP contribution in [0.25, 0.3) is 10.3 Å². The number of halogens is 2. The lowest BCUT2D eigenvalue weighted by molar-refractivity contribution is 0.122. The highest BCUT2D eigenvalue weighted by Crippen LogP contribution is 2.32. The standard InChI is InChI=1S/C9H8Cl2N4OS/c10-8-12-6-5(17-9(11)13-6)7(14-8)15-1-3-16-4-2-15/h1-4H2. The van der Waals surface area contributed by atoms with Crippen LogP contribution in [0.5, 0.6) is 0 Å². The number of aromatic nitrogens is 3. The molecule has 0 bridgehead atoms. The Morgan fingerprint density at radius 3 is 2.65 bits per heavy atom. The molecular weight excluding hydrogens is 283 g/mol. The summed E-state index contributed by atoms with van der Waals surface area (Å²) in [6, 6.07) is 0. The first-order valence-corrected chi connectivity index (χ1v) is 6.63. The molecule has 8 heteroatoms. The number of ether oxygens (including phenoxy) is 1. The summed E-state index contributed by atoms with van der Waals surface area (Å²) in [6.07, 6.45) is 0. The van der Waals surface area contributed by atoms with Crippen molar-refractivity contribution < 1.29 is 4.74 Å². The first-order chi connectivity index (χ1) is 8.24. The van der Waals surface area contributed by atoms with Gasteiger partial charge in [0.05, 0.1) is 13.2 Å². The lowest BCUT2D eigenvalue weighted by Crippen LogP contribution is -2.36. The Kier molecular flexibility index (Phi) is 3.04. The zero-order valence-electron chi connectivity index (χ0n) is 8.69. The van der Waals surface area contributed by atoms with E-state index in [0.717, 1.165) is 23.6 Å². The van der Waals surface area contributed by atoms with Crippen molar-refractivity contribution >= 4 is 50.7 Å². The smallest absolute Gasteiger partial charge is 0.226 e. The highest BCUT2D eigenvalue weighted by molar-refractivity contribution is 7.22. The Labute approximate surface area is 111 Å². The summed E-state index contributed by atoms with van der Waals surface area (Å²) < 4.78 is 6.64. The zero-order valence-corrected chi connectivity index (χ0v) is 11.0. The Morgan fingerprint density at radius 2 is 1.88 bits per heavy atom. The summed E-state index contributed by atoms with van der Waals surface area (Å²) in [5.74, 6) is 0.799. The molecule has 1 saturated heterocycles. The van der Waals surface area contributed by atoms with Crippen molar-refractivity contribution in [3.63, 3.8) is 0 Å². The Bertz CT molecular complexity index is 555. The largest absolute Gasteiger partial charge is 0.378 e. The Hall–Kier alpha value is -0.690. The minimum absolute atomic E-state index is 0.195. The second-order valence-corrected chi connectivity index (χ2v) is 5.45. The van der Waals surface area contributed by atoms with Crippen LogP contribution in [-0.4, -0.2) is 41.3 Å². The average molecular weight is 291 g/mol. The molecule has 2 aromatic heterocycles. The van der Waals surface area contributed by atoms with Gasteiger partial charge >= 0.3 is 0 Å². The van der Waals surface area contributed by atoms with Gasteiger partial charge in [-0.3, -0.25) is 0 Å². The van der Waals surface area contributed by atoms with Crippen molar-refractivity contribution in [3.8, 4) is 0 Å². The van der Waals surface area contributed by atoms with Gasteiger partial charge in [-0.1, -0.05) is 22.9 Å². The second-order valence-electron chi connectivity index (χ2n) is 3.54. The van der Waals surface area contributed by atoms with Crippen LogP contribution in [0.1, 0.15) is 0 Å². The van der Waals surface area contributed by atoms with E-state index in [1.807, 2.05) is 0 Å². The van der Waals surface area contributed by atoms with Crippen LogP contribution in [0.3, 0.4) is 0 Å². The SMILES string of the molecule is Clc1nc(N2CCOCC2)c2sc(Cl)nc2n1. The molecule has 0 amide bonds. The van der Waals surface area contributed by atoms with Gasteiger partial charge in [-0.15, -0.1) is 0 Å². The van der Waals surface area contributed by atoms with E-state index >= 15 is 0 Å². The molecule has 3 heterocycles.